The molecule has 2 N–H and O–H groups in total. The lowest BCUT2D eigenvalue weighted by Gasteiger charge is -2.26. The monoisotopic (exact) mass is 422 g/mol. The Kier molecular flexibility index (Phi) is 7.39. The molecule has 0 radical (unpaired) electrons. The molecule has 7 nitrogen and oxygen atoms in total. The maximum absolute atomic E-state index is 11.2. The molecule has 0 unspecified atom stereocenters. The van der Waals surface area contributed by atoms with Gasteiger partial charge < -0.3 is 33.9 Å². The number of phenolic OH excluding ortho intramolecular Hbond substituents is 2. The molecule has 2 aromatic rings. The summed E-state index contributed by atoms with van der Waals surface area (Å²) in [5.41, 5.74) is 0.474. The molecule has 0 heterocycles. The molecule has 0 aliphatic carbocycles. The fourth-order valence-electron chi connectivity index (χ4n) is 3.39. The number of aromatic hydroxyl groups is 2. The molecule has 7 heteroatoms. The Morgan fingerprint density at radius 3 is 1.30 bits per heavy atom. The summed E-state index contributed by atoms with van der Waals surface area (Å²) >= 11 is 0. The molecule has 2 rings (SSSR count). The van der Waals surface area contributed by atoms with E-state index in [0.29, 0.717) is 23.5 Å². The van der Waals surface area contributed by atoms with Crippen molar-refractivity contribution in [3.63, 3.8) is 0 Å². The van der Waals surface area contributed by atoms with Gasteiger partial charge in [-0.2, -0.15) is 0 Å². The molecule has 0 aromatic heterocycles. The Morgan fingerprint density at radius 2 is 0.967 bits per heavy atom. The van der Waals surface area contributed by atoms with Crippen LogP contribution in [0.5, 0.6) is 40.2 Å². The van der Waals surface area contributed by atoms with E-state index in [2.05, 4.69) is 0 Å². The molecular formula is C23H34O7. The average Bonchev–Trinajstić information content (AvgIpc) is 2.65. The van der Waals surface area contributed by atoms with Crippen LogP contribution in [-0.2, 0) is 6.42 Å². The zero-order valence-corrected chi connectivity index (χ0v) is 19.4. The average molecular weight is 423 g/mol. The van der Waals surface area contributed by atoms with Crippen molar-refractivity contribution >= 4 is 10.8 Å². The number of methoxy groups -OCH3 is 2. The van der Waals surface area contributed by atoms with Gasteiger partial charge in [0.2, 0.25) is 11.5 Å². The zero-order chi connectivity index (χ0) is 22.7. The van der Waals surface area contributed by atoms with Crippen LogP contribution in [0.3, 0.4) is 0 Å². The highest BCUT2D eigenvalue weighted by molar-refractivity contribution is 6.08. The number of benzene rings is 2. The Balaban J connectivity index is 3.15. The molecule has 0 aliphatic rings. The third-order valence-electron chi connectivity index (χ3n) is 4.39. The van der Waals surface area contributed by atoms with Crippen molar-refractivity contribution in [2.24, 2.45) is 0 Å². The van der Waals surface area contributed by atoms with Crippen molar-refractivity contribution in [2.75, 3.05) is 14.2 Å². The first kappa shape index (κ1) is 23.6. The highest BCUT2D eigenvalue weighted by Crippen LogP contribution is 2.59. The molecule has 0 atom stereocenters. The lowest BCUT2D eigenvalue weighted by Crippen LogP contribution is -2.13. The van der Waals surface area contributed by atoms with Crippen molar-refractivity contribution in [2.45, 2.75) is 73.2 Å². The van der Waals surface area contributed by atoms with E-state index in [4.69, 9.17) is 23.7 Å². The molecule has 0 fully saturated rings. The SMILES string of the molecule is CCc1c(OC(C)C)c(O)c2c(OC)c(OC(C)C)c(OC(C)C)c(OC)c2c1O. The normalized spacial score (nSPS) is 11.5. The second kappa shape index (κ2) is 9.41. The molecule has 0 aliphatic heterocycles. The van der Waals surface area contributed by atoms with Gasteiger partial charge in [-0.05, 0) is 48.0 Å². The maximum atomic E-state index is 11.2. The number of hydrogen-bond donors (Lipinski definition) is 2. The van der Waals surface area contributed by atoms with Gasteiger partial charge in [0.25, 0.3) is 0 Å². The minimum atomic E-state index is -0.208. The highest BCUT2D eigenvalue weighted by Gasteiger charge is 2.32. The van der Waals surface area contributed by atoms with Crippen LogP contribution in [-0.4, -0.2) is 42.7 Å². The van der Waals surface area contributed by atoms with E-state index < -0.39 is 0 Å². The van der Waals surface area contributed by atoms with Crippen molar-refractivity contribution in [1.82, 2.24) is 0 Å². The van der Waals surface area contributed by atoms with Crippen LogP contribution in [0.1, 0.15) is 54.0 Å². The fraction of sp³-hybridized carbons (Fsp3) is 0.565. The fourth-order valence-corrected chi connectivity index (χ4v) is 3.39. The molecule has 2 aromatic carbocycles. The Bertz CT molecular complexity index is 901. The Hall–Kier alpha value is -2.70. The molecule has 0 saturated carbocycles. The predicted molar refractivity (Wildman–Crippen MR) is 117 cm³/mol. The minimum absolute atomic E-state index is 0.0548. The van der Waals surface area contributed by atoms with Gasteiger partial charge in [-0.1, -0.05) is 6.92 Å². The lowest BCUT2D eigenvalue weighted by atomic mass is 9.98. The molecule has 0 bridgehead atoms. The number of fused-ring (bicyclic) bond motifs is 1. The third-order valence-corrected chi connectivity index (χ3v) is 4.39. The minimum Gasteiger partial charge on any atom is -0.507 e. The van der Waals surface area contributed by atoms with E-state index >= 15 is 0 Å². The first-order chi connectivity index (χ1) is 14.1. The summed E-state index contributed by atoms with van der Waals surface area (Å²) in [5, 5.41) is 23.0. The largest absolute Gasteiger partial charge is 0.507 e. The maximum Gasteiger partial charge on any atom is 0.208 e. The first-order valence-corrected chi connectivity index (χ1v) is 10.3. The van der Waals surface area contributed by atoms with Gasteiger partial charge in [-0.15, -0.1) is 0 Å². The quantitative estimate of drug-likeness (QED) is 0.538. The van der Waals surface area contributed by atoms with Crippen LogP contribution in [0.2, 0.25) is 0 Å². The number of hydrogen-bond acceptors (Lipinski definition) is 7. The number of ether oxygens (including phenoxy) is 5. The lowest BCUT2D eigenvalue weighted by molar-refractivity contribution is 0.185. The van der Waals surface area contributed by atoms with Gasteiger partial charge in [0, 0.05) is 5.56 Å². The highest BCUT2D eigenvalue weighted by atomic mass is 16.6. The Labute approximate surface area is 178 Å². The second-order valence-electron chi connectivity index (χ2n) is 7.83. The van der Waals surface area contributed by atoms with E-state index in [1.165, 1.54) is 14.2 Å². The first-order valence-electron chi connectivity index (χ1n) is 10.3. The van der Waals surface area contributed by atoms with E-state index in [0.717, 1.165) is 0 Å². The molecule has 0 saturated heterocycles. The molecular weight excluding hydrogens is 388 g/mol. The third kappa shape index (κ3) is 4.25. The predicted octanol–water partition coefficient (Wildman–Crippen LogP) is 5.19. The van der Waals surface area contributed by atoms with Gasteiger partial charge in [0.05, 0.1) is 43.3 Å². The van der Waals surface area contributed by atoms with Gasteiger partial charge in [-0.3, -0.25) is 0 Å². The summed E-state index contributed by atoms with van der Waals surface area (Å²) in [5.74, 6) is 1.10. The molecule has 0 amide bonds. The van der Waals surface area contributed by atoms with E-state index in [9.17, 15) is 10.2 Å². The van der Waals surface area contributed by atoms with Gasteiger partial charge in [0.1, 0.15) is 5.75 Å². The standard InChI is InChI=1S/C23H34O7/c1-10-14-17(24)15-16(18(25)19(14)28-11(2)3)21(27-9)23(30-13(6)7)22(20(15)26-8)29-12(4)5/h11-13,24-25H,10H2,1-9H3. The summed E-state index contributed by atoms with van der Waals surface area (Å²) in [6.07, 6.45) is -0.165. The van der Waals surface area contributed by atoms with Crippen LogP contribution in [0, 0.1) is 0 Å². The number of rotatable bonds is 9. The van der Waals surface area contributed by atoms with Crippen LogP contribution in [0.15, 0.2) is 0 Å². The smallest absolute Gasteiger partial charge is 0.208 e. The zero-order valence-electron chi connectivity index (χ0n) is 19.4. The van der Waals surface area contributed by atoms with Crippen molar-refractivity contribution in [3.8, 4) is 40.2 Å². The van der Waals surface area contributed by atoms with Crippen molar-refractivity contribution < 1.29 is 33.9 Å². The van der Waals surface area contributed by atoms with E-state index in [-0.39, 0.29) is 57.8 Å². The topological polar surface area (TPSA) is 86.6 Å². The van der Waals surface area contributed by atoms with Crippen LogP contribution in [0.4, 0.5) is 0 Å². The van der Waals surface area contributed by atoms with E-state index in [1.54, 1.807) is 0 Å². The Morgan fingerprint density at radius 1 is 0.600 bits per heavy atom. The molecule has 168 valence electrons. The number of phenols is 2. The van der Waals surface area contributed by atoms with Crippen LogP contribution in [0.25, 0.3) is 10.8 Å². The summed E-state index contributed by atoms with van der Waals surface area (Å²) < 4.78 is 29.3. The second-order valence-corrected chi connectivity index (χ2v) is 7.83. The summed E-state index contributed by atoms with van der Waals surface area (Å²) in [7, 11) is 2.95. The molecule has 30 heavy (non-hydrogen) atoms. The summed E-state index contributed by atoms with van der Waals surface area (Å²) in [6, 6.07) is 0. The summed E-state index contributed by atoms with van der Waals surface area (Å²) in [6.45, 7) is 13.1. The molecule has 0 spiro atoms. The van der Waals surface area contributed by atoms with Crippen molar-refractivity contribution in [3.05, 3.63) is 5.56 Å². The van der Waals surface area contributed by atoms with Gasteiger partial charge in [-0.25, -0.2) is 0 Å². The van der Waals surface area contributed by atoms with Crippen LogP contribution < -0.4 is 23.7 Å². The van der Waals surface area contributed by atoms with Crippen LogP contribution >= 0.6 is 0 Å². The van der Waals surface area contributed by atoms with Gasteiger partial charge >= 0.3 is 0 Å². The van der Waals surface area contributed by atoms with Crippen molar-refractivity contribution in [1.29, 1.82) is 0 Å². The summed E-state index contributed by atoms with van der Waals surface area (Å²) in [4.78, 5) is 0. The van der Waals surface area contributed by atoms with E-state index in [1.807, 2.05) is 48.5 Å². The van der Waals surface area contributed by atoms with Gasteiger partial charge in [0.15, 0.2) is 23.0 Å².